The number of nitrogen functional groups attached to an aromatic ring is 1. The summed E-state index contributed by atoms with van der Waals surface area (Å²) in [6.45, 7) is 0.0428. The SMILES string of the molecule is NC(=O)C(O)CNc1ccc(Br)cc1N. The van der Waals surface area contributed by atoms with Crippen molar-refractivity contribution in [1.82, 2.24) is 0 Å². The monoisotopic (exact) mass is 273 g/mol. The van der Waals surface area contributed by atoms with Crippen molar-refractivity contribution in [3.63, 3.8) is 0 Å². The number of benzene rings is 1. The van der Waals surface area contributed by atoms with E-state index in [2.05, 4.69) is 21.2 Å². The minimum Gasteiger partial charge on any atom is -0.397 e. The molecule has 0 fully saturated rings. The lowest BCUT2D eigenvalue weighted by atomic mass is 10.2. The lowest BCUT2D eigenvalue weighted by Gasteiger charge is -2.11. The van der Waals surface area contributed by atoms with Crippen molar-refractivity contribution >= 4 is 33.2 Å². The molecule has 1 aromatic carbocycles. The number of anilines is 2. The fourth-order valence-corrected chi connectivity index (χ4v) is 1.38. The van der Waals surface area contributed by atoms with Crippen LogP contribution in [0.2, 0.25) is 0 Å². The average Bonchev–Trinajstić information content (AvgIpc) is 2.15. The Labute approximate surface area is 95.6 Å². The fraction of sp³-hybridized carbons (Fsp3) is 0.222. The summed E-state index contributed by atoms with van der Waals surface area (Å²) in [7, 11) is 0. The molecule has 0 spiro atoms. The summed E-state index contributed by atoms with van der Waals surface area (Å²) in [5, 5.41) is 12.0. The molecule has 1 aromatic rings. The molecule has 0 saturated heterocycles. The molecule has 1 rings (SSSR count). The molecular weight excluding hydrogens is 262 g/mol. The van der Waals surface area contributed by atoms with Crippen LogP contribution in [0.4, 0.5) is 11.4 Å². The lowest BCUT2D eigenvalue weighted by molar-refractivity contribution is -0.125. The number of halogens is 1. The minimum absolute atomic E-state index is 0.0428. The zero-order valence-corrected chi connectivity index (χ0v) is 9.49. The number of carbonyl (C=O) groups is 1. The van der Waals surface area contributed by atoms with Gasteiger partial charge in [0.2, 0.25) is 5.91 Å². The average molecular weight is 274 g/mol. The molecule has 6 N–H and O–H groups in total. The highest BCUT2D eigenvalue weighted by molar-refractivity contribution is 9.10. The number of aliphatic hydroxyl groups excluding tert-OH is 1. The Morgan fingerprint density at radius 1 is 1.60 bits per heavy atom. The molecule has 0 radical (unpaired) electrons. The maximum absolute atomic E-state index is 10.6. The standard InChI is InChI=1S/C9H12BrN3O2/c10-5-1-2-7(6(11)3-5)13-4-8(14)9(12)15/h1-3,8,13-14H,4,11H2,(H2,12,15). The molecule has 1 atom stereocenters. The fourth-order valence-electron chi connectivity index (χ4n) is 1.00. The lowest BCUT2D eigenvalue weighted by Crippen LogP contribution is -2.34. The number of hydrogen-bond donors (Lipinski definition) is 4. The van der Waals surface area contributed by atoms with E-state index in [1.165, 1.54) is 0 Å². The van der Waals surface area contributed by atoms with Gasteiger partial charge in [0, 0.05) is 11.0 Å². The van der Waals surface area contributed by atoms with Crippen LogP contribution in [0.1, 0.15) is 0 Å². The van der Waals surface area contributed by atoms with E-state index in [1.54, 1.807) is 18.2 Å². The summed E-state index contributed by atoms with van der Waals surface area (Å²) in [6, 6.07) is 5.27. The first-order chi connectivity index (χ1) is 7.00. The van der Waals surface area contributed by atoms with E-state index in [-0.39, 0.29) is 6.54 Å². The summed E-state index contributed by atoms with van der Waals surface area (Å²) in [5.74, 6) is -0.766. The molecule has 6 heteroatoms. The third kappa shape index (κ3) is 3.41. The number of amides is 1. The molecule has 0 aliphatic heterocycles. The Bertz CT molecular complexity index is 370. The van der Waals surface area contributed by atoms with Crippen molar-refractivity contribution in [2.24, 2.45) is 5.73 Å². The number of hydrogen-bond acceptors (Lipinski definition) is 4. The number of nitrogens with one attached hydrogen (secondary N) is 1. The normalized spacial score (nSPS) is 12.1. The quantitative estimate of drug-likeness (QED) is 0.593. The van der Waals surface area contributed by atoms with Crippen LogP contribution in [0, 0.1) is 0 Å². The van der Waals surface area contributed by atoms with Gasteiger partial charge in [-0.3, -0.25) is 4.79 Å². The Kier molecular flexibility index (Phi) is 3.93. The van der Waals surface area contributed by atoms with E-state index in [4.69, 9.17) is 16.6 Å². The molecule has 0 heterocycles. The molecule has 0 aliphatic rings. The van der Waals surface area contributed by atoms with Crippen LogP contribution in [0.5, 0.6) is 0 Å². The third-order valence-corrected chi connectivity index (χ3v) is 2.32. The van der Waals surface area contributed by atoms with Gasteiger partial charge in [-0.1, -0.05) is 15.9 Å². The van der Waals surface area contributed by atoms with Crippen molar-refractivity contribution < 1.29 is 9.90 Å². The highest BCUT2D eigenvalue weighted by Crippen LogP contribution is 2.22. The predicted molar refractivity (Wildman–Crippen MR) is 62.2 cm³/mol. The van der Waals surface area contributed by atoms with Gasteiger partial charge in [0.05, 0.1) is 11.4 Å². The van der Waals surface area contributed by atoms with Gasteiger partial charge in [-0.25, -0.2) is 0 Å². The van der Waals surface area contributed by atoms with Crippen molar-refractivity contribution in [3.8, 4) is 0 Å². The Hall–Kier alpha value is -1.27. The summed E-state index contributed by atoms with van der Waals surface area (Å²) in [4.78, 5) is 10.6. The topological polar surface area (TPSA) is 101 Å². The maximum atomic E-state index is 10.6. The largest absolute Gasteiger partial charge is 0.397 e. The van der Waals surface area contributed by atoms with E-state index in [0.717, 1.165) is 4.47 Å². The Balaban J connectivity index is 2.62. The molecule has 0 aliphatic carbocycles. The summed E-state index contributed by atoms with van der Waals surface area (Å²) < 4.78 is 0.862. The Morgan fingerprint density at radius 3 is 2.80 bits per heavy atom. The second-order valence-electron chi connectivity index (χ2n) is 3.03. The molecule has 0 bridgehead atoms. The number of aliphatic hydroxyl groups is 1. The molecule has 1 unspecified atom stereocenters. The number of carbonyl (C=O) groups excluding carboxylic acids is 1. The zero-order chi connectivity index (χ0) is 11.4. The number of rotatable bonds is 4. The molecule has 0 aromatic heterocycles. The number of primary amides is 1. The van der Waals surface area contributed by atoms with Crippen molar-refractivity contribution in [1.29, 1.82) is 0 Å². The zero-order valence-electron chi connectivity index (χ0n) is 7.90. The first-order valence-corrected chi connectivity index (χ1v) is 5.06. The smallest absolute Gasteiger partial charge is 0.248 e. The molecule has 0 saturated carbocycles. The number of nitrogens with two attached hydrogens (primary N) is 2. The van der Waals surface area contributed by atoms with Gasteiger partial charge in [0.15, 0.2) is 0 Å². The van der Waals surface area contributed by atoms with Crippen molar-refractivity contribution in [2.45, 2.75) is 6.10 Å². The summed E-state index contributed by atoms with van der Waals surface area (Å²) in [5.41, 5.74) is 11.8. The van der Waals surface area contributed by atoms with E-state index in [0.29, 0.717) is 11.4 Å². The van der Waals surface area contributed by atoms with E-state index in [1.807, 2.05) is 0 Å². The first kappa shape index (κ1) is 11.8. The highest BCUT2D eigenvalue weighted by atomic mass is 79.9. The van der Waals surface area contributed by atoms with Gasteiger partial charge in [0.25, 0.3) is 0 Å². The van der Waals surface area contributed by atoms with Crippen LogP contribution in [0.3, 0.4) is 0 Å². The minimum atomic E-state index is -1.21. The van der Waals surface area contributed by atoms with Gasteiger partial charge < -0.3 is 21.9 Å². The van der Waals surface area contributed by atoms with E-state index in [9.17, 15) is 4.79 Å². The van der Waals surface area contributed by atoms with Crippen molar-refractivity contribution in [3.05, 3.63) is 22.7 Å². The molecule has 15 heavy (non-hydrogen) atoms. The molecule has 5 nitrogen and oxygen atoms in total. The van der Waals surface area contributed by atoms with Crippen LogP contribution < -0.4 is 16.8 Å². The highest BCUT2D eigenvalue weighted by Gasteiger charge is 2.10. The second-order valence-corrected chi connectivity index (χ2v) is 3.95. The van der Waals surface area contributed by atoms with Gasteiger partial charge in [-0.05, 0) is 18.2 Å². The predicted octanol–water partition coefficient (Wildman–Crippen LogP) is 0.289. The van der Waals surface area contributed by atoms with Gasteiger partial charge >= 0.3 is 0 Å². The summed E-state index contributed by atoms with van der Waals surface area (Å²) in [6.07, 6.45) is -1.21. The van der Waals surface area contributed by atoms with Crippen LogP contribution >= 0.6 is 15.9 Å². The molecular formula is C9H12BrN3O2. The Morgan fingerprint density at radius 2 is 2.27 bits per heavy atom. The van der Waals surface area contributed by atoms with Crippen LogP contribution in [-0.2, 0) is 4.79 Å². The van der Waals surface area contributed by atoms with Crippen LogP contribution in [-0.4, -0.2) is 23.7 Å². The van der Waals surface area contributed by atoms with E-state index < -0.39 is 12.0 Å². The van der Waals surface area contributed by atoms with Gasteiger partial charge in [-0.2, -0.15) is 0 Å². The third-order valence-electron chi connectivity index (χ3n) is 1.83. The molecule has 1 amide bonds. The van der Waals surface area contributed by atoms with Crippen LogP contribution in [0.25, 0.3) is 0 Å². The van der Waals surface area contributed by atoms with Gasteiger partial charge in [-0.15, -0.1) is 0 Å². The van der Waals surface area contributed by atoms with Gasteiger partial charge in [0.1, 0.15) is 6.10 Å². The van der Waals surface area contributed by atoms with Crippen LogP contribution in [0.15, 0.2) is 22.7 Å². The van der Waals surface area contributed by atoms with E-state index >= 15 is 0 Å². The second kappa shape index (κ2) is 4.99. The summed E-state index contributed by atoms with van der Waals surface area (Å²) >= 11 is 3.27. The maximum Gasteiger partial charge on any atom is 0.248 e. The first-order valence-electron chi connectivity index (χ1n) is 4.27. The van der Waals surface area contributed by atoms with Crippen molar-refractivity contribution in [2.75, 3.05) is 17.6 Å². The molecule has 82 valence electrons.